The predicted molar refractivity (Wildman–Crippen MR) is 135 cm³/mol. The topological polar surface area (TPSA) is 176 Å². The Morgan fingerprint density at radius 2 is 1.97 bits per heavy atom. The standard InChI is InChI=1S/C25H18N10O3/c1-38-19-9-5-4-8-18(19)31-25(37)21(22-30-17-7-3-2-6-16(17)24(36)32-22)33-34-23-15(12-26)13-29-35(23)20-14-27-10-11-28-20/h2-11,13-14,21H,1H3,(H,31,37)(H,30,32,36). The molecule has 0 spiro atoms. The molecule has 0 saturated heterocycles. The normalized spacial score (nSPS) is 11.8. The fourth-order valence-corrected chi connectivity index (χ4v) is 3.61. The number of carbonyl (C=O) groups is 1. The van der Waals surface area contributed by atoms with Crippen molar-refractivity contribution in [2.75, 3.05) is 12.4 Å². The molecule has 0 radical (unpaired) electrons. The number of nitrogens with one attached hydrogen (secondary N) is 2. The SMILES string of the molecule is COc1ccccc1NC(=O)C(N=Nc1c(C#N)cnn1-c1cnccn1)c1nc2ccccc2c(=O)[nH]1. The van der Waals surface area contributed by atoms with Crippen LogP contribution in [-0.2, 0) is 4.79 Å². The molecule has 0 aliphatic carbocycles. The number of ether oxygens (including phenoxy) is 1. The minimum Gasteiger partial charge on any atom is -0.495 e. The summed E-state index contributed by atoms with van der Waals surface area (Å²) in [5.74, 6) is 0.0279. The Kier molecular flexibility index (Phi) is 6.59. The first-order chi connectivity index (χ1) is 18.6. The molecule has 186 valence electrons. The lowest BCUT2D eigenvalue weighted by Gasteiger charge is -2.14. The molecular formula is C25H18N10O3. The van der Waals surface area contributed by atoms with Crippen LogP contribution in [0.5, 0.6) is 5.75 Å². The monoisotopic (exact) mass is 506 g/mol. The Morgan fingerprint density at radius 1 is 1.16 bits per heavy atom. The van der Waals surface area contributed by atoms with Crippen molar-refractivity contribution in [2.24, 2.45) is 10.2 Å². The largest absolute Gasteiger partial charge is 0.495 e. The van der Waals surface area contributed by atoms with Gasteiger partial charge in [0, 0.05) is 12.4 Å². The number of para-hydroxylation sites is 3. The van der Waals surface area contributed by atoms with Gasteiger partial charge in [-0.3, -0.25) is 14.6 Å². The quantitative estimate of drug-likeness (QED) is 0.316. The number of anilines is 1. The maximum Gasteiger partial charge on any atom is 0.259 e. The maximum absolute atomic E-state index is 13.5. The molecule has 0 saturated carbocycles. The lowest BCUT2D eigenvalue weighted by atomic mass is 10.2. The molecule has 13 nitrogen and oxygen atoms in total. The first kappa shape index (κ1) is 23.9. The third kappa shape index (κ3) is 4.69. The van der Waals surface area contributed by atoms with Gasteiger partial charge in [0.1, 0.15) is 23.2 Å². The smallest absolute Gasteiger partial charge is 0.259 e. The zero-order chi connectivity index (χ0) is 26.5. The van der Waals surface area contributed by atoms with E-state index in [1.807, 2.05) is 6.07 Å². The van der Waals surface area contributed by atoms with Crippen LogP contribution in [0.15, 0.2) is 88.3 Å². The summed E-state index contributed by atoms with van der Waals surface area (Å²) >= 11 is 0. The van der Waals surface area contributed by atoms with Crippen molar-refractivity contribution in [1.82, 2.24) is 29.7 Å². The number of aromatic amines is 1. The summed E-state index contributed by atoms with van der Waals surface area (Å²) in [6.45, 7) is 0. The van der Waals surface area contributed by atoms with Gasteiger partial charge in [-0.2, -0.15) is 20.2 Å². The summed E-state index contributed by atoms with van der Waals surface area (Å²) in [6, 6.07) is 14.1. The van der Waals surface area contributed by atoms with Gasteiger partial charge in [-0.1, -0.05) is 24.3 Å². The van der Waals surface area contributed by atoms with Crippen molar-refractivity contribution in [3.63, 3.8) is 0 Å². The summed E-state index contributed by atoms with van der Waals surface area (Å²) in [5, 5.41) is 25.2. The van der Waals surface area contributed by atoms with Crippen molar-refractivity contribution < 1.29 is 9.53 Å². The van der Waals surface area contributed by atoms with Crippen molar-refractivity contribution in [2.45, 2.75) is 6.04 Å². The number of carbonyl (C=O) groups excluding carboxylic acids is 1. The predicted octanol–water partition coefficient (Wildman–Crippen LogP) is 3.24. The minimum atomic E-state index is -1.41. The molecule has 38 heavy (non-hydrogen) atoms. The molecule has 1 atom stereocenters. The van der Waals surface area contributed by atoms with Gasteiger partial charge in [-0.25, -0.2) is 9.97 Å². The molecule has 13 heteroatoms. The van der Waals surface area contributed by atoms with Gasteiger partial charge < -0.3 is 15.0 Å². The van der Waals surface area contributed by atoms with E-state index in [9.17, 15) is 14.9 Å². The number of H-pyrrole nitrogens is 1. The van der Waals surface area contributed by atoms with Crippen molar-refractivity contribution in [3.05, 3.63) is 95.1 Å². The van der Waals surface area contributed by atoms with Gasteiger partial charge in [0.25, 0.3) is 11.5 Å². The number of nitriles is 1. The Bertz CT molecular complexity index is 1760. The summed E-state index contributed by atoms with van der Waals surface area (Å²) < 4.78 is 6.58. The molecule has 1 unspecified atom stereocenters. The molecule has 5 rings (SSSR count). The van der Waals surface area contributed by atoms with E-state index in [-0.39, 0.29) is 23.0 Å². The fraction of sp³-hybridized carbons (Fsp3) is 0.0800. The minimum absolute atomic E-state index is 0.0197. The van der Waals surface area contributed by atoms with Gasteiger partial charge in [-0.05, 0) is 24.3 Å². The Labute approximate surface area is 214 Å². The molecule has 3 aromatic heterocycles. The average Bonchev–Trinajstić information content (AvgIpc) is 3.37. The van der Waals surface area contributed by atoms with Crippen LogP contribution in [0.1, 0.15) is 17.4 Å². The van der Waals surface area contributed by atoms with Crippen LogP contribution in [0.2, 0.25) is 0 Å². The van der Waals surface area contributed by atoms with Crippen LogP contribution in [-0.4, -0.2) is 42.7 Å². The number of nitrogens with zero attached hydrogens (tertiary/aromatic N) is 8. The van der Waals surface area contributed by atoms with E-state index in [2.05, 4.69) is 40.6 Å². The van der Waals surface area contributed by atoms with Crippen LogP contribution >= 0.6 is 0 Å². The number of azo groups is 1. The van der Waals surface area contributed by atoms with Crippen LogP contribution in [0.4, 0.5) is 11.5 Å². The van der Waals surface area contributed by atoms with E-state index in [4.69, 9.17) is 4.74 Å². The van der Waals surface area contributed by atoms with Crippen LogP contribution in [0, 0.1) is 11.3 Å². The maximum atomic E-state index is 13.5. The van der Waals surface area contributed by atoms with Crippen molar-refractivity contribution in [1.29, 1.82) is 5.26 Å². The van der Waals surface area contributed by atoms with Gasteiger partial charge in [0.15, 0.2) is 11.6 Å². The van der Waals surface area contributed by atoms with E-state index in [0.717, 1.165) is 0 Å². The highest BCUT2D eigenvalue weighted by molar-refractivity contribution is 5.96. The van der Waals surface area contributed by atoms with E-state index in [1.165, 1.54) is 36.6 Å². The third-order valence-corrected chi connectivity index (χ3v) is 5.40. The number of benzene rings is 2. The summed E-state index contributed by atoms with van der Waals surface area (Å²) in [4.78, 5) is 41.5. The van der Waals surface area contributed by atoms with E-state index >= 15 is 0 Å². The van der Waals surface area contributed by atoms with Crippen LogP contribution < -0.4 is 15.6 Å². The van der Waals surface area contributed by atoms with Gasteiger partial charge in [0.2, 0.25) is 6.04 Å². The highest BCUT2D eigenvalue weighted by atomic mass is 16.5. The molecule has 3 heterocycles. The first-order valence-electron chi connectivity index (χ1n) is 11.2. The lowest BCUT2D eigenvalue weighted by Crippen LogP contribution is -2.24. The molecular weight excluding hydrogens is 488 g/mol. The summed E-state index contributed by atoms with van der Waals surface area (Å²) in [6.07, 6.45) is 5.67. The molecule has 0 bridgehead atoms. The Balaban J connectivity index is 1.61. The molecule has 2 N–H and O–H groups in total. The zero-order valence-electron chi connectivity index (χ0n) is 19.8. The second-order valence-corrected chi connectivity index (χ2v) is 7.74. The highest BCUT2D eigenvalue weighted by Gasteiger charge is 2.26. The van der Waals surface area contributed by atoms with Crippen LogP contribution in [0.25, 0.3) is 16.7 Å². The van der Waals surface area contributed by atoms with Gasteiger partial charge in [0.05, 0.1) is 36.1 Å². The molecule has 1 amide bonds. The molecule has 0 aliphatic heterocycles. The Hall–Kier alpha value is -5.77. The number of amides is 1. The second kappa shape index (κ2) is 10.5. The number of methoxy groups -OCH3 is 1. The first-order valence-corrected chi connectivity index (χ1v) is 11.2. The molecule has 2 aromatic carbocycles. The number of rotatable bonds is 7. The van der Waals surface area contributed by atoms with Gasteiger partial charge in [-0.15, -0.1) is 5.11 Å². The number of fused-ring (bicyclic) bond motifs is 1. The third-order valence-electron chi connectivity index (χ3n) is 5.40. The fourth-order valence-electron chi connectivity index (χ4n) is 3.61. The highest BCUT2D eigenvalue weighted by Crippen LogP contribution is 2.28. The summed E-state index contributed by atoms with van der Waals surface area (Å²) in [5.41, 5.74) is 0.394. The zero-order valence-corrected chi connectivity index (χ0v) is 19.8. The second-order valence-electron chi connectivity index (χ2n) is 7.74. The van der Waals surface area contributed by atoms with Gasteiger partial charge >= 0.3 is 0 Å². The van der Waals surface area contributed by atoms with E-state index in [0.29, 0.717) is 22.3 Å². The number of hydrogen-bond acceptors (Lipinski definition) is 10. The number of aromatic nitrogens is 6. The Morgan fingerprint density at radius 3 is 2.76 bits per heavy atom. The lowest BCUT2D eigenvalue weighted by molar-refractivity contribution is -0.117. The van der Waals surface area contributed by atoms with E-state index < -0.39 is 17.5 Å². The molecule has 0 aliphatic rings. The average molecular weight is 506 g/mol. The van der Waals surface area contributed by atoms with Crippen molar-refractivity contribution >= 4 is 28.3 Å². The van der Waals surface area contributed by atoms with Crippen molar-refractivity contribution in [3.8, 4) is 17.6 Å². The molecule has 0 fully saturated rings. The number of hydrogen-bond donors (Lipinski definition) is 2. The van der Waals surface area contributed by atoms with E-state index in [1.54, 1.807) is 48.5 Å². The summed E-state index contributed by atoms with van der Waals surface area (Å²) in [7, 11) is 1.47. The van der Waals surface area contributed by atoms with Crippen LogP contribution in [0.3, 0.4) is 0 Å². The molecule has 5 aromatic rings.